The number of carbonyl (C=O) groups excluding carboxylic acids is 1. The topological polar surface area (TPSA) is 56.6 Å². The Bertz CT molecular complexity index is 828. The molecule has 1 aromatic rings. The van der Waals surface area contributed by atoms with E-state index in [1.807, 2.05) is 17.9 Å². The first-order chi connectivity index (χ1) is 13.0. The van der Waals surface area contributed by atoms with E-state index in [0.717, 1.165) is 30.6 Å². The van der Waals surface area contributed by atoms with Gasteiger partial charge in [0.15, 0.2) is 8.32 Å². The molecule has 5 nitrogen and oxygen atoms in total. The number of piperidine rings is 1. The molecule has 7 heteroatoms. The lowest BCUT2D eigenvalue weighted by Crippen LogP contribution is -2.53. The number of nitrogens with zero attached hydrogens (tertiary/aromatic N) is 3. The second kappa shape index (κ2) is 7.36. The van der Waals surface area contributed by atoms with Gasteiger partial charge in [-0.3, -0.25) is 4.90 Å². The van der Waals surface area contributed by atoms with Crippen molar-refractivity contribution in [3.8, 4) is 6.07 Å². The Hall–Kier alpha value is -1.55. The zero-order chi connectivity index (χ0) is 20.9. The zero-order valence-electron chi connectivity index (χ0n) is 17.7. The number of fused-ring (bicyclic) bond motifs is 1. The minimum absolute atomic E-state index is 0.0115. The summed E-state index contributed by atoms with van der Waals surface area (Å²) in [6.07, 6.45) is 2.02. The lowest BCUT2D eigenvalue weighted by atomic mass is 10.0. The first-order valence-corrected chi connectivity index (χ1v) is 13.2. The van der Waals surface area contributed by atoms with Gasteiger partial charge in [0, 0.05) is 12.2 Å². The van der Waals surface area contributed by atoms with Crippen LogP contribution in [0.15, 0.2) is 12.1 Å². The van der Waals surface area contributed by atoms with E-state index >= 15 is 0 Å². The van der Waals surface area contributed by atoms with Crippen molar-refractivity contribution in [1.82, 2.24) is 4.90 Å². The Labute approximate surface area is 174 Å². The fraction of sp³-hybridized carbons (Fsp3) is 0.619. The van der Waals surface area contributed by atoms with E-state index in [-0.39, 0.29) is 23.2 Å². The monoisotopic (exact) mass is 419 g/mol. The summed E-state index contributed by atoms with van der Waals surface area (Å²) in [6.45, 7) is 14.5. The molecule has 2 aliphatic rings. The van der Waals surface area contributed by atoms with Crippen molar-refractivity contribution in [1.29, 1.82) is 5.26 Å². The number of hydrogen-bond donors (Lipinski definition) is 0. The van der Waals surface area contributed by atoms with E-state index in [2.05, 4.69) is 39.9 Å². The molecule has 0 bridgehead atoms. The van der Waals surface area contributed by atoms with E-state index < -0.39 is 8.32 Å². The third-order valence-corrected chi connectivity index (χ3v) is 11.6. The van der Waals surface area contributed by atoms with Crippen molar-refractivity contribution in [2.75, 3.05) is 18.0 Å². The lowest BCUT2D eigenvalue weighted by Gasteiger charge is -2.44. The number of carbonyl (C=O) groups is 1. The Morgan fingerprint density at radius 3 is 2.61 bits per heavy atom. The lowest BCUT2D eigenvalue weighted by molar-refractivity contribution is 0.0597. The van der Waals surface area contributed by atoms with Gasteiger partial charge in [-0.2, -0.15) is 5.26 Å². The van der Waals surface area contributed by atoms with Crippen LogP contribution >= 0.6 is 11.6 Å². The summed E-state index contributed by atoms with van der Waals surface area (Å²) >= 11 is 6.35. The molecular formula is C21H30ClN3O2Si. The molecule has 3 rings (SSSR count). The highest BCUT2D eigenvalue weighted by Crippen LogP contribution is 2.41. The van der Waals surface area contributed by atoms with E-state index in [0.29, 0.717) is 17.1 Å². The van der Waals surface area contributed by atoms with Crippen LogP contribution in [0.5, 0.6) is 0 Å². The summed E-state index contributed by atoms with van der Waals surface area (Å²) in [5.41, 5.74) is 2.00. The minimum Gasteiger partial charge on any atom is -0.412 e. The molecule has 0 unspecified atom stereocenters. The van der Waals surface area contributed by atoms with Crippen molar-refractivity contribution in [3.63, 3.8) is 0 Å². The maximum absolute atomic E-state index is 13.2. The van der Waals surface area contributed by atoms with Gasteiger partial charge in [0.2, 0.25) is 0 Å². The van der Waals surface area contributed by atoms with E-state index in [1.54, 1.807) is 11.0 Å². The summed E-state index contributed by atoms with van der Waals surface area (Å²) < 4.78 is 6.73. The van der Waals surface area contributed by atoms with Crippen molar-refractivity contribution >= 4 is 31.6 Å². The number of halogens is 1. The number of rotatable bonds is 3. The van der Waals surface area contributed by atoms with Gasteiger partial charge in [0.25, 0.3) is 0 Å². The Morgan fingerprint density at radius 2 is 2.00 bits per heavy atom. The largest absolute Gasteiger partial charge is 0.412 e. The van der Waals surface area contributed by atoms with Crippen LogP contribution in [0.1, 0.15) is 44.7 Å². The number of benzene rings is 1. The van der Waals surface area contributed by atoms with Crippen LogP contribution in [-0.4, -0.2) is 44.5 Å². The van der Waals surface area contributed by atoms with Crippen LogP contribution in [0.4, 0.5) is 10.5 Å². The first kappa shape index (κ1) is 21.2. The van der Waals surface area contributed by atoms with Crippen LogP contribution < -0.4 is 4.90 Å². The Kier molecular flexibility index (Phi) is 5.57. The first-order valence-electron chi connectivity index (χ1n) is 9.93. The van der Waals surface area contributed by atoms with Crippen LogP contribution in [-0.2, 0) is 4.43 Å². The van der Waals surface area contributed by atoms with Crippen LogP contribution in [0, 0.1) is 18.3 Å². The average molecular weight is 420 g/mol. The van der Waals surface area contributed by atoms with E-state index in [4.69, 9.17) is 16.0 Å². The third-order valence-electron chi connectivity index (χ3n) is 6.58. The molecule has 2 aliphatic heterocycles. The van der Waals surface area contributed by atoms with Crippen LogP contribution in [0.3, 0.4) is 0 Å². The fourth-order valence-electron chi connectivity index (χ4n) is 3.84. The standard InChI is InChI=1S/C21H30ClN3O2Si/c1-14-16(10-9-15(12-23)19(14)22)25-13-17-18(8-7-11-24(17)20(25)26)27-28(5,6)21(2,3)4/h9-10,17-18H,7-8,11,13H2,1-6H3/t17-,18-/m0/s1. The van der Waals surface area contributed by atoms with Gasteiger partial charge in [-0.25, -0.2) is 4.79 Å². The average Bonchev–Trinajstić information content (AvgIpc) is 2.94. The van der Waals surface area contributed by atoms with Gasteiger partial charge in [0.1, 0.15) is 6.07 Å². The fourth-order valence-corrected chi connectivity index (χ4v) is 5.43. The van der Waals surface area contributed by atoms with Gasteiger partial charge < -0.3 is 9.33 Å². The molecule has 0 spiro atoms. The predicted molar refractivity (Wildman–Crippen MR) is 115 cm³/mol. The summed E-state index contributed by atoms with van der Waals surface area (Å²) in [6, 6.07) is 5.70. The van der Waals surface area contributed by atoms with Gasteiger partial charge in [-0.05, 0) is 55.6 Å². The Morgan fingerprint density at radius 1 is 1.32 bits per heavy atom. The number of anilines is 1. The smallest absolute Gasteiger partial charge is 0.324 e. The molecule has 28 heavy (non-hydrogen) atoms. The van der Waals surface area contributed by atoms with Gasteiger partial charge in [-0.15, -0.1) is 0 Å². The normalized spacial score (nSPS) is 23.0. The van der Waals surface area contributed by atoms with Gasteiger partial charge >= 0.3 is 6.03 Å². The van der Waals surface area contributed by atoms with Crippen LogP contribution in [0.25, 0.3) is 0 Å². The number of urea groups is 1. The molecule has 0 aromatic heterocycles. The molecule has 2 heterocycles. The molecule has 1 aromatic carbocycles. The second-order valence-electron chi connectivity index (χ2n) is 9.40. The number of amides is 2. The maximum Gasteiger partial charge on any atom is 0.324 e. The van der Waals surface area contributed by atoms with Gasteiger partial charge in [0.05, 0.1) is 29.3 Å². The Balaban J connectivity index is 1.88. The molecule has 0 radical (unpaired) electrons. The predicted octanol–water partition coefficient (Wildman–Crippen LogP) is 5.31. The molecule has 2 fully saturated rings. The molecule has 2 amide bonds. The number of nitriles is 1. The summed E-state index contributed by atoms with van der Waals surface area (Å²) in [4.78, 5) is 16.9. The molecule has 0 saturated carbocycles. The second-order valence-corrected chi connectivity index (χ2v) is 14.5. The SMILES string of the molecule is Cc1c(N2C[C@H]3[C@@H](O[Si](C)(C)C(C)(C)C)CCCN3C2=O)ccc(C#N)c1Cl. The minimum atomic E-state index is -1.92. The highest BCUT2D eigenvalue weighted by Gasteiger charge is 2.48. The molecule has 0 N–H and O–H groups in total. The van der Waals surface area contributed by atoms with Crippen molar-refractivity contribution in [2.24, 2.45) is 0 Å². The highest BCUT2D eigenvalue weighted by molar-refractivity contribution is 6.74. The summed E-state index contributed by atoms with van der Waals surface area (Å²) in [7, 11) is -1.92. The van der Waals surface area contributed by atoms with Crippen molar-refractivity contribution in [3.05, 3.63) is 28.3 Å². The maximum atomic E-state index is 13.2. The molecule has 0 aliphatic carbocycles. The van der Waals surface area contributed by atoms with E-state index in [1.165, 1.54) is 0 Å². The van der Waals surface area contributed by atoms with Gasteiger partial charge in [-0.1, -0.05) is 32.4 Å². The molecule has 152 valence electrons. The van der Waals surface area contributed by atoms with E-state index in [9.17, 15) is 10.1 Å². The highest BCUT2D eigenvalue weighted by atomic mass is 35.5. The molecule has 2 saturated heterocycles. The third kappa shape index (κ3) is 3.56. The molecule has 2 atom stereocenters. The zero-order valence-corrected chi connectivity index (χ0v) is 19.4. The summed E-state index contributed by atoms with van der Waals surface area (Å²) in [5, 5.41) is 9.75. The van der Waals surface area contributed by atoms with Crippen LogP contribution in [0.2, 0.25) is 23.2 Å². The molecular weight excluding hydrogens is 390 g/mol. The van der Waals surface area contributed by atoms with Crippen molar-refractivity contribution < 1.29 is 9.22 Å². The quantitative estimate of drug-likeness (QED) is 0.623. The number of hydrogen-bond acceptors (Lipinski definition) is 3. The summed E-state index contributed by atoms with van der Waals surface area (Å²) in [5.74, 6) is 0. The van der Waals surface area contributed by atoms with Crippen molar-refractivity contribution in [2.45, 2.75) is 70.8 Å².